The van der Waals surface area contributed by atoms with Crippen LogP contribution in [0.3, 0.4) is 0 Å². The number of halogens is 1. The standard InChI is InChI=1S/C11H11ClN4O/c12-9-3-1-8(2-4-9)11(17)7-16-6-10(5-13)14-15-16/h1-4,6H,5,7,13H2. The summed E-state index contributed by atoms with van der Waals surface area (Å²) < 4.78 is 1.47. The molecule has 2 rings (SSSR count). The molecule has 2 N–H and O–H groups in total. The highest BCUT2D eigenvalue weighted by Gasteiger charge is 2.08. The van der Waals surface area contributed by atoms with E-state index in [0.717, 1.165) is 0 Å². The maximum absolute atomic E-state index is 11.9. The third-order valence-electron chi connectivity index (χ3n) is 2.27. The summed E-state index contributed by atoms with van der Waals surface area (Å²) in [5.41, 5.74) is 6.66. The van der Waals surface area contributed by atoms with Crippen LogP contribution in [0.4, 0.5) is 0 Å². The Labute approximate surface area is 103 Å². The maximum atomic E-state index is 11.9. The van der Waals surface area contributed by atoms with Crippen molar-refractivity contribution in [3.63, 3.8) is 0 Å². The van der Waals surface area contributed by atoms with Gasteiger partial charge in [-0.1, -0.05) is 16.8 Å². The fourth-order valence-corrected chi connectivity index (χ4v) is 1.51. The lowest BCUT2D eigenvalue weighted by atomic mass is 10.1. The van der Waals surface area contributed by atoms with Crippen LogP contribution in [0.1, 0.15) is 16.1 Å². The molecular weight excluding hydrogens is 240 g/mol. The average Bonchev–Trinajstić information content (AvgIpc) is 2.77. The first-order valence-electron chi connectivity index (χ1n) is 5.07. The third kappa shape index (κ3) is 2.89. The predicted octanol–water partition coefficient (Wildman–Crippen LogP) is 1.27. The molecule has 0 spiro atoms. The van der Waals surface area contributed by atoms with Crippen molar-refractivity contribution in [2.45, 2.75) is 13.1 Å². The van der Waals surface area contributed by atoms with Gasteiger partial charge in [0.15, 0.2) is 5.78 Å². The number of rotatable bonds is 4. The van der Waals surface area contributed by atoms with Crippen molar-refractivity contribution in [1.29, 1.82) is 0 Å². The van der Waals surface area contributed by atoms with Gasteiger partial charge in [0, 0.05) is 17.1 Å². The van der Waals surface area contributed by atoms with Crippen molar-refractivity contribution in [2.24, 2.45) is 5.73 Å². The molecule has 5 nitrogen and oxygen atoms in total. The molecule has 0 aliphatic carbocycles. The lowest BCUT2D eigenvalue weighted by Crippen LogP contribution is -2.10. The van der Waals surface area contributed by atoms with E-state index in [1.54, 1.807) is 30.5 Å². The van der Waals surface area contributed by atoms with Gasteiger partial charge in [-0.2, -0.15) is 0 Å². The molecule has 0 radical (unpaired) electrons. The highest BCUT2D eigenvalue weighted by Crippen LogP contribution is 2.10. The summed E-state index contributed by atoms with van der Waals surface area (Å²) in [5, 5.41) is 8.22. The third-order valence-corrected chi connectivity index (χ3v) is 2.52. The number of aromatic nitrogens is 3. The number of hydrogen-bond donors (Lipinski definition) is 1. The first-order chi connectivity index (χ1) is 8.19. The Bertz CT molecular complexity index is 521. The molecule has 2 aromatic rings. The van der Waals surface area contributed by atoms with Gasteiger partial charge in [0.1, 0.15) is 6.54 Å². The average molecular weight is 251 g/mol. The van der Waals surface area contributed by atoms with Gasteiger partial charge in [0.05, 0.1) is 11.9 Å². The number of nitrogens with two attached hydrogens (primary N) is 1. The number of carbonyl (C=O) groups is 1. The molecule has 1 heterocycles. The molecule has 6 heteroatoms. The number of ketones is 1. The minimum atomic E-state index is -0.0462. The topological polar surface area (TPSA) is 73.8 Å². The SMILES string of the molecule is NCc1cn(CC(=O)c2ccc(Cl)cc2)nn1. The molecule has 0 saturated carbocycles. The summed E-state index contributed by atoms with van der Waals surface area (Å²) in [6, 6.07) is 6.74. The molecule has 88 valence electrons. The summed E-state index contributed by atoms with van der Waals surface area (Å²) >= 11 is 5.75. The molecule has 0 amide bonds. The molecule has 1 aromatic carbocycles. The Morgan fingerprint density at radius 2 is 2.06 bits per heavy atom. The predicted molar refractivity (Wildman–Crippen MR) is 63.7 cm³/mol. The minimum absolute atomic E-state index is 0.0462. The Kier molecular flexibility index (Phi) is 3.51. The molecule has 0 unspecified atom stereocenters. The van der Waals surface area contributed by atoms with Crippen molar-refractivity contribution in [3.05, 3.63) is 46.7 Å². The van der Waals surface area contributed by atoms with E-state index in [4.69, 9.17) is 17.3 Å². The van der Waals surface area contributed by atoms with Gasteiger partial charge in [-0.3, -0.25) is 4.79 Å². The van der Waals surface area contributed by atoms with Gasteiger partial charge in [0.25, 0.3) is 0 Å². The zero-order valence-electron chi connectivity index (χ0n) is 9.01. The highest BCUT2D eigenvalue weighted by molar-refractivity contribution is 6.30. The number of nitrogens with zero attached hydrogens (tertiary/aromatic N) is 3. The fraction of sp³-hybridized carbons (Fsp3) is 0.182. The summed E-state index contributed by atoms with van der Waals surface area (Å²) in [5.74, 6) is -0.0462. The lowest BCUT2D eigenvalue weighted by molar-refractivity contribution is 0.0967. The number of carbonyl (C=O) groups excluding carboxylic acids is 1. The zero-order valence-corrected chi connectivity index (χ0v) is 9.76. The molecule has 1 aromatic heterocycles. The van der Waals surface area contributed by atoms with Crippen molar-refractivity contribution in [1.82, 2.24) is 15.0 Å². The van der Waals surface area contributed by atoms with E-state index in [1.165, 1.54) is 4.68 Å². The Morgan fingerprint density at radius 1 is 1.35 bits per heavy atom. The summed E-state index contributed by atoms with van der Waals surface area (Å²) in [6.45, 7) is 0.462. The summed E-state index contributed by atoms with van der Waals surface area (Å²) in [6.07, 6.45) is 1.66. The van der Waals surface area contributed by atoms with E-state index < -0.39 is 0 Å². The van der Waals surface area contributed by atoms with Crippen LogP contribution in [-0.4, -0.2) is 20.8 Å². The quantitative estimate of drug-likeness (QED) is 0.830. The molecule has 0 atom stereocenters. The minimum Gasteiger partial charge on any atom is -0.325 e. The first kappa shape index (κ1) is 11.8. The molecule has 0 aliphatic heterocycles. The number of hydrogen-bond acceptors (Lipinski definition) is 4. The van der Waals surface area contributed by atoms with Crippen LogP contribution in [0, 0.1) is 0 Å². The second-order valence-electron chi connectivity index (χ2n) is 3.54. The van der Waals surface area contributed by atoms with Crippen LogP contribution in [0.25, 0.3) is 0 Å². The van der Waals surface area contributed by atoms with E-state index in [9.17, 15) is 4.79 Å². The van der Waals surface area contributed by atoms with Crippen LogP contribution in [0.5, 0.6) is 0 Å². The largest absolute Gasteiger partial charge is 0.325 e. The summed E-state index contributed by atoms with van der Waals surface area (Å²) in [4.78, 5) is 11.9. The Balaban J connectivity index is 2.08. The van der Waals surface area contributed by atoms with Gasteiger partial charge in [0.2, 0.25) is 0 Å². The van der Waals surface area contributed by atoms with Crippen LogP contribution in [-0.2, 0) is 13.1 Å². The van der Waals surface area contributed by atoms with Crippen LogP contribution >= 0.6 is 11.6 Å². The van der Waals surface area contributed by atoms with Gasteiger partial charge in [-0.25, -0.2) is 4.68 Å². The second-order valence-corrected chi connectivity index (χ2v) is 3.98. The second kappa shape index (κ2) is 5.07. The van der Waals surface area contributed by atoms with E-state index in [0.29, 0.717) is 22.8 Å². The van der Waals surface area contributed by atoms with Gasteiger partial charge in [-0.15, -0.1) is 5.10 Å². The van der Waals surface area contributed by atoms with E-state index in [-0.39, 0.29) is 12.3 Å². The van der Waals surface area contributed by atoms with E-state index in [2.05, 4.69) is 10.3 Å². The van der Waals surface area contributed by atoms with Crippen molar-refractivity contribution in [3.8, 4) is 0 Å². The van der Waals surface area contributed by atoms with Crippen LogP contribution < -0.4 is 5.73 Å². The highest BCUT2D eigenvalue weighted by atomic mass is 35.5. The smallest absolute Gasteiger partial charge is 0.184 e. The van der Waals surface area contributed by atoms with E-state index in [1.807, 2.05) is 0 Å². The van der Waals surface area contributed by atoms with Crippen molar-refractivity contribution < 1.29 is 4.79 Å². The normalized spacial score (nSPS) is 10.5. The Morgan fingerprint density at radius 3 is 2.65 bits per heavy atom. The van der Waals surface area contributed by atoms with E-state index >= 15 is 0 Å². The molecule has 0 saturated heterocycles. The Hall–Kier alpha value is -1.72. The zero-order chi connectivity index (χ0) is 12.3. The van der Waals surface area contributed by atoms with Crippen molar-refractivity contribution >= 4 is 17.4 Å². The van der Waals surface area contributed by atoms with Gasteiger partial charge >= 0.3 is 0 Å². The summed E-state index contributed by atoms with van der Waals surface area (Å²) in [7, 11) is 0. The molecule has 17 heavy (non-hydrogen) atoms. The van der Waals surface area contributed by atoms with Crippen LogP contribution in [0.2, 0.25) is 5.02 Å². The number of Topliss-reactive ketones (excluding diaryl/α,β-unsaturated/α-hetero) is 1. The van der Waals surface area contributed by atoms with Crippen LogP contribution in [0.15, 0.2) is 30.5 Å². The number of benzene rings is 1. The van der Waals surface area contributed by atoms with Crippen molar-refractivity contribution in [2.75, 3.05) is 0 Å². The molecule has 0 aliphatic rings. The fourth-order valence-electron chi connectivity index (χ4n) is 1.38. The van der Waals surface area contributed by atoms with Gasteiger partial charge < -0.3 is 5.73 Å². The lowest BCUT2D eigenvalue weighted by Gasteiger charge is -2.00. The molecular formula is C11H11ClN4O. The molecule has 0 fully saturated rings. The van der Waals surface area contributed by atoms with Gasteiger partial charge in [-0.05, 0) is 24.3 Å². The maximum Gasteiger partial charge on any atom is 0.184 e. The first-order valence-corrected chi connectivity index (χ1v) is 5.44. The molecule has 0 bridgehead atoms. The monoisotopic (exact) mass is 250 g/mol.